The molecule has 2 aromatic carbocycles. The molecule has 0 atom stereocenters. The highest BCUT2D eigenvalue weighted by molar-refractivity contribution is 6.35. The first-order valence-corrected chi connectivity index (χ1v) is 8.60. The van der Waals surface area contributed by atoms with Gasteiger partial charge in [-0.25, -0.2) is 4.99 Å². The average molecular weight is 379 g/mol. The molecule has 0 heterocycles. The molecule has 0 aliphatic heterocycles. The number of nitrogens with zero attached hydrogens (tertiary/aromatic N) is 1. The smallest absolute Gasteiger partial charge is 0.248 e. The zero-order valence-electron chi connectivity index (χ0n) is 13.9. The Labute approximate surface area is 157 Å². The van der Waals surface area contributed by atoms with E-state index in [1.165, 1.54) is 0 Å². The van der Waals surface area contributed by atoms with Crippen LogP contribution in [0.4, 0.5) is 0 Å². The molecule has 4 N–H and O–H groups in total. The van der Waals surface area contributed by atoms with Gasteiger partial charge in [0.2, 0.25) is 5.91 Å². The lowest BCUT2D eigenvalue weighted by molar-refractivity contribution is 0.100. The molecule has 2 aromatic rings. The molecular formula is C18H20Cl2N4O. The first-order valence-electron chi connectivity index (χ1n) is 7.84. The second-order valence-corrected chi connectivity index (χ2v) is 6.19. The summed E-state index contributed by atoms with van der Waals surface area (Å²) in [6, 6.07) is 12.5. The Balaban J connectivity index is 2.01. The summed E-state index contributed by atoms with van der Waals surface area (Å²) in [5.74, 6) is 0.234. The molecule has 0 aliphatic carbocycles. The normalized spacial score (nSPS) is 11.2. The fourth-order valence-electron chi connectivity index (χ4n) is 2.13. The van der Waals surface area contributed by atoms with E-state index >= 15 is 0 Å². The van der Waals surface area contributed by atoms with Crippen LogP contribution in [0.2, 0.25) is 10.0 Å². The summed E-state index contributed by atoms with van der Waals surface area (Å²) in [7, 11) is 0. The fraction of sp³-hybridized carbons (Fsp3) is 0.222. The van der Waals surface area contributed by atoms with Crippen LogP contribution in [-0.4, -0.2) is 18.4 Å². The zero-order chi connectivity index (χ0) is 18.2. The van der Waals surface area contributed by atoms with Crippen molar-refractivity contribution in [2.45, 2.75) is 20.0 Å². The van der Waals surface area contributed by atoms with Crippen molar-refractivity contribution in [3.8, 4) is 0 Å². The number of rotatable bonds is 6. The minimum atomic E-state index is -0.440. The Kier molecular flexibility index (Phi) is 7.10. The van der Waals surface area contributed by atoms with Gasteiger partial charge in [0.1, 0.15) is 0 Å². The lowest BCUT2D eigenvalue weighted by atomic mass is 10.1. The van der Waals surface area contributed by atoms with Gasteiger partial charge in [-0.2, -0.15) is 0 Å². The van der Waals surface area contributed by atoms with Crippen molar-refractivity contribution in [1.29, 1.82) is 0 Å². The first kappa shape index (κ1) is 19.1. The number of amides is 1. The highest BCUT2D eigenvalue weighted by atomic mass is 35.5. The van der Waals surface area contributed by atoms with Gasteiger partial charge in [-0.1, -0.05) is 41.4 Å². The molecule has 1 amide bonds. The van der Waals surface area contributed by atoms with Gasteiger partial charge in [0.05, 0.1) is 6.54 Å². The van der Waals surface area contributed by atoms with E-state index in [4.69, 9.17) is 28.9 Å². The van der Waals surface area contributed by atoms with Crippen molar-refractivity contribution in [3.05, 3.63) is 69.2 Å². The molecule has 0 bridgehead atoms. The van der Waals surface area contributed by atoms with Crippen LogP contribution in [0.5, 0.6) is 0 Å². The van der Waals surface area contributed by atoms with Gasteiger partial charge in [-0.3, -0.25) is 4.79 Å². The van der Waals surface area contributed by atoms with Crippen molar-refractivity contribution in [2.75, 3.05) is 6.54 Å². The number of guanidine groups is 1. The average Bonchev–Trinajstić information content (AvgIpc) is 2.59. The van der Waals surface area contributed by atoms with E-state index in [0.717, 1.165) is 17.7 Å². The highest BCUT2D eigenvalue weighted by Gasteiger charge is 2.04. The number of nitrogens with two attached hydrogens (primary N) is 1. The molecule has 0 saturated carbocycles. The molecule has 0 saturated heterocycles. The maximum Gasteiger partial charge on any atom is 0.248 e. The molecule has 5 nitrogen and oxygen atoms in total. The number of aliphatic imine (C=N–C) groups is 1. The number of hydrogen-bond acceptors (Lipinski definition) is 2. The van der Waals surface area contributed by atoms with Crippen LogP contribution in [0.15, 0.2) is 47.5 Å². The van der Waals surface area contributed by atoms with E-state index in [1.807, 2.05) is 25.1 Å². The van der Waals surface area contributed by atoms with Gasteiger partial charge in [0.15, 0.2) is 5.96 Å². The van der Waals surface area contributed by atoms with Gasteiger partial charge < -0.3 is 16.4 Å². The maximum atomic E-state index is 11.1. The Morgan fingerprint density at radius 1 is 1.12 bits per heavy atom. The van der Waals surface area contributed by atoms with E-state index in [0.29, 0.717) is 34.7 Å². The van der Waals surface area contributed by atoms with Gasteiger partial charge in [-0.05, 0) is 42.3 Å². The van der Waals surface area contributed by atoms with Gasteiger partial charge in [0, 0.05) is 28.7 Å². The molecule has 0 aromatic heterocycles. The molecule has 2 rings (SSSR count). The summed E-state index contributed by atoms with van der Waals surface area (Å²) >= 11 is 12.1. The third-order valence-corrected chi connectivity index (χ3v) is 4.05. The number of carbonyl (C=O) groups is 1. The lowest BCUT2D eigenvalue weighted by Gasteiger charge is -2.12. The Morgan fingerprint density at radius 2 is 1.84 bits per heavy atom. The number of primary amides is 1. The largest absolute Gasteiger partial charge is 0.366 e. The number of nitrogens with one attached hydrogen (secondary N) is 2. The quantitative estimate of drug-likeness (QED) is 0.532. The Morgan fingerprint density at radius 3 is 2.44 bits per heavy atom. The lowest BCUT2D eigenvalue weighted by Crippen LogP contribution is -2.36. The predicted molar refractivity (Wildman–Crippen MR) is 103 cm³/mol. The monoisotopic (exact) mass is 378 g/mol. The third kappa shape index (κ3) is 5.96. The number of hydrogen-bond donors (Lipinski definition) is 3. The maximum absolute atomic E-state index is 11.1. The molecule has 0 unspecified atom stereocenters. The van der Waals surface area contributed by atoms with E-state index in [-0.39, 0.29) is 0 Å². The van der Waals surface area contributed by atoms with Crippen LogP contribution in [0.1, 0.15) is 28.4 Å². The van der Waals surface area contributed by atoms with Crippen LogP contribution in [0.25, 0.3) is 0 Å². The van der Waals surface area contributed by atoms with Crippen molar-refractivity contribution in [2.24, 2.45) is 10.7 Å². The minimum absolute atomic E-state index is 0.440. The fourth-order valence-corrected chi connectivity index (χ4v) is 2.61. The topological polar surface area (TPSA) is 79.5 Å². The van der Waals surface area contributed by atoms with Gasteiger partial charge in [-0.15, -0.1) is 0 Å². The van der Waals surface area contributed by atoms with Crippen molar-refractivity contribution in [1.82, 2.24) is 10.6 Å². The summed E-state index contributed by atoms with van der Waals surface area (Å²) in [6.07, 6.45) is 0. The van der Waals surface area contributed by atoms with Crippen LogP contribution >= 0.6 is 23.2 Å². The summed E-state index contributed by atoms with van der Waals surface area (Å²) < 4.78 is 0. The van der Waals surface area contributed by atoms with Gasteiger partial charge >= 0.3 is 0 Å². The Bertz CT molecular complexity index is 760. The molecule has 0 radical (unpaired) electrons. The van der Waals surface area contributed by atoms with Gasteiger partial charge in [0.25, 0.3) is 0 Å². The van der Waals surface area contributed by atoms with Crippen molar-refractivity contribution in [3.63, 3.8) is 0 Å². The van der Waals surface area contributed by atoms with Crippen LogP contribution in [0, 0.1) is 0 Å². The first-order chi connectivity index (χ1) is 12.0. The zero-order valence-corrected chi connectivity index (χ0v) is 15.4. The second kappa shape index (κ2) is 9.30. The van der Waals surface area contributed by atoms with E-state index in [2.05, 4.69) is 15.6 Å². The molecule has 7 heteroatoms. The van der Waals surface area contributed by atoms with Crippen molar-refractivity contribution >= 4 is 35.1 Å². The minimum Gasteiger partial charge on any atom is -0.366 e. The summed E-state index contributed by atoms with van der Waals surface area (Å²) in [6.45, 7) is 3.74. The van der Waals surface area contributed by atoms with Crippen LogP contribution in [0.3, 0.4) is 0 Å². The molecule has 0 spiro atoms. The summed E-state index contributed by atoms with van der Waals surface area (Å²) in [5.41, 5.74) is 7.63. The van der Waals surface area contributed by atoms with E-state index in [1.54, 1.807) is 24.3 Å². The summed E-state index contributed by atoms with van der Waals surface area (Å²) in [4.78, 5) is 15.6. The molecule has 0 aliphatic rings. The SMILES string of the molecule is CCNC(=NCc1ccc(C(N)=O)cc1)NCc1ccc(Cl)cc1Cl. The number of halogens is 2. The van der Waals surface area contributed by atoms with E-state index < -0.39 is 5.91 Å². The highest BCUT2D eigenvalue weighted by Crippen LogP contribution is 2.20. The predicted octanol–water partition coefficient (Wildman–Crippen LogP) is 3.35. The molecule has 25 heavy (non-hydrogen) atoms. The number of benzene rings is 2. The Hall–Kier alpha value is -2.24. The third-order valence-electron chi connectivity index (χ3n) is 3.46. The standard InChI is InChI=1S/C18H20Cl2N4O/c1-2-22-18(24-11-14-7-8-15(19)9-16(14)20)23-10-12-3-5-13(6-4-12)17(21)25/h3-9H,2,10-11H2,1H3,(H2,21,25)(H2,22,23,24). The second-order valence-electron chi connectivity index (χ2n) is 5.35. The molecule has 132 valence electrons. The molecule has 0 fully saturated rings. The van der Waals surface area contributed by atoms with Crippen molar-refractivity contribution < 1.29 is 4.79 Å². The molecular weight excluding hydrogens is 359 g/mol. The van der Waals surface area contributed by atoms with E-state index in [9.17, 15) is 4.79 Å². The number of carbonyl (C=O) groups excluding carboxylic acids is 1. The van der Waals surface area contributed by atoms with Crippen LogP contribution in [-0.2, 0) is 13.1 Å². The van der Waals surface area contributed by atoms with Crippen LogP contribution < -0.4 is 16.4 Å². The summed E-state index contributed by atoms with van der Waals surface area (Å²) in [5, 5.41) is 7.63.